The quantitative estimate of drug-likeness (QED) is 0.320. The van der Waals surface area contributed by atoms with Gasteiger partial charge in [-0.15, -0.1) is 0 Å². The second-order valence-corrected chi connectivity index (χ2v) is 12.2. The number of piperidine rings is 1. The standard InChI is InChI=1S/C30H32N6O3S2/c1-6-34-26(33-14-12-18(2)13-15-33)22(19(3)23(17-31)27(34)37)16-24-28(38)35(30(40)41-24)25-20(4)32(5)36(29(25)39)21-10-8-7-9-11-21/h7-11,16,18H,6,12-15H2,1-5H3/b24-16-. The summed E-state index contributed by atoms with van der Waals surface area (Å²) in [6.07, 6.45) is 3.71. The zero-order valence-electron chi connectivity index (χ0n) is 23.8. The van der Waals surface area contributed by atoms with Crippen LogP contribution in [0.1, 0.15) is 49.1 Å². The van der Waals surface area contributed by atoms with Crippen LogP contribution >= 0.6 is 24.0 Å². The minimum Gasteiger partial charge on any atom is -0.357 e. The lowest BCUT2D eigenvalue weighted by Crippen LogP contribution is -2.39. The van der Waals surface area contributed by atoms with E-state index in [2.05, 4.69) is 17.9 Å². The van der Waals surface area contributed by atoms with Crippen LogP contribution < -0.4 is 20.9 Å². The highest BCUT2D eigenvalue weighted by Gasteiger charge is 2.38. The number of aromatic nitrogens is 3. The van der Waals surface area contributed by atoms with Crippen molar-refractivity contribution in [1.82, 2.24) is 13.9 Å². The number of carbonyl (C=O) groups is 1. The van der Waals surface area contributed by atoms with E-state index in [1.807, 2.05) is 37.3 Å². The van der Waals surface area contributed by atoms with Crippen molar-refractivity contribution in [2.45, 2.75) is 47.1 Å². The third-order valence-electron chi connectivity index (χ3n) is 8.06. The average Bonchev–Trinajstić information content (AvgIpc) is 3.35. The highest BCUT2D eigenvalue weighted by Crippen LogP contribution is 2.39. The lowest BCUT2D eigenvalue weighted by atomic mass is 9.97. The van der Waals surface area contributed by atoms with Crippen molar-refractivity contribution in [3.05, 3.63) is 78.3 Å². The van der Waals surface area contributed by atoms with Gasteiger partial charge >= 0.3 is 0 Å². The van der Waals surface area contributed by atoms with Gasteiger partial charge in [0.25, 0.3) is 17.0 Å². The van der Waals surface area contributed by atoms with Crippen molar-refractivity contribution in [2.24, 2.45) is 13.0 Å². The van der Waals surface area contributed by atoms with E-state index in [4.69, 9.17) is 12.2 Å². The first-order valence-corrected chi connectivity index (χ1v) is 14.9. The maximum Gasteiger partial charge on any atom is 0.296 e. The van der Waals surface area contributed by atoms with Gasteiger partial charge in [0.1, 0.15) is 23.1 Å². The van der Waals surface area contributed by atoms with Gasteiger partial charge in [-0.3, -0.25) is 28.5 Å². The zero-order chi connectivity index (χ0) is 29.6. The van der Waals surface area contributed by atoms with Crippen molar-refractivity contribution >= 4 is 51.8 Å². The summed E-state index contributed by atoms with van der Waals surface area (Å²) in [4.78, 5) is 44.8. The SMILES string of the molecule is CCn1c(N2CCC(C)CC2)c(/C=C2\SC(=S)N(c3c(C)n(C)n(-c4ccccc4)c3=O)C2=O)c(C)c(C#N)c1=O. The van der Waals surface area contributed by atoms with Crippen LogP contribution in [0.3, 0.4) is 0 Å². The van der Waals surface area contributed by atoms with E-state index in [1.54, 1.807) is 36.2 Å². The van der Waals surface area contributed by atoms with Crippen LogP contribution in [0.4, 0.5) is 11.5 Å². The molecule has 1 amide bonds. The Kier molecular flexibility index (Phi) is 7.81. The van der Waals surface area contributed by atoms with E-state index >= 15 is 0 Å². The number of thioether (sulfide) groups is 1. The van der Waals surface area contributed by atoms with Gasteiger partial charge in [-0.25, -0.2) is 4.68 Å². The molecule has 9 nitrogen and oxygen atoms in total. The first-order chi connectivity index (χ1) is 19.6. The Balaban J connectivity index is 1.65. The fourth-order valence-corrected chi connectivity index (χ4v) is 6.85. The number of benzene rings is 1. The number of anilines is 2. The molecule has 1 aromatic carbocycles. The molecule has 41 heavy (non-hydrogen) atoms. The fraction of sp³-hybridized carbons (Fsp3) is 0.367. The normalized spacial score (nSPS) is 17.1. The maximum atomic E-state index is 13.9. The summed E-state index contributed by atoms with van der Waals surface area (Å²) < 4.78 is 5.12. The van der Waals surface area contributed by atoms with Crippen LogP contribution in [-0.2, 0) is 18.4 Å². The second kappa shape index (κ2) is 11.2. The third kappa shape index (κ3) is 4.75. The Morgan fingerprint density at radius 1 is 1.10 bits per heavy atom. The average molecular weight is 589 g/mol. The molecule has 0 unspecified atom stereocenters. The molecule has 11 heteroatoms. The molecule has 0 spiro atoms. The molecule has 2 fully saturated rings. The van der Waals surface area contributed by atoms with Gasteiger partial charge in [-0.1, -0.05) is 49.1 Å². The summed E-state index contributed by atoms with van der Waals surface area (Å²) in [7, 11) is 1.77. The van der Waals surface area contributed by atoms with E-state index < -0.39 is 5.91 Å². The van der Waals surface area contributed by atoms with Crippen molar-refractivity contribution in [2.75, 3.05) is 22.9 Å². The summed E-state index contributed by atoms with van der Waals surface area (Å²) in [5.41, 5.74) is 2.06. The Hall–Kier alpha value is -3.88. The Morgan fingerprint density at radius 3 is 2.37 bits per heavy atom. The molecule has 0 bridgehead atoms. The lowest BCUT2D eigenvalue weighted by Gasteiger charge is -2.35. The molecule has 2 aliphatic heterocycles. The predicted molar refractivity (Wildman–Crippen MR) is 168 cm³/mol. The molecular formula is C30H32N6O3S2. The molecule has 3 aromatic rings. The van der Waals surface area contributed by atoms with E-state index in [0.717, 1.165) is 37.7 Å². The van der Waals surface area contributed by atoms with Gasteiger partial charge < -0.3 is 4.90 Å². The predicted octanol–water partition coefficient (Wildman–Crippen LogP) is 4.49. The van der Waals surface area contributed by atoms with Crippen LogP contribution in [0.2, 0.25) is 0 Å². The van der Waals surface area contributed by atoms with E-state index in [1.165, 1.54) is 9.58 Å². The van der Waals surface area contributed by atoms with Crippen LogP contribution in [-0.4, -0.2) is 37.2 Å². The first-order valence-electron chi connectivity index (χ1n) is 13.6. The number of nitriles is 1. The van der Waals surface area contributed by atoms with Crippen LogP contribution in [0.5, 0.6) is 0 Å². The molecule has 0 atom stereocenters. The molecule has 0 radical (unpaired) electrons. The van der Waals surface area contributed by atoms with E-state index in [-0.39, 0.29) is 26.7 Å². The number of carbonyl (C=O) groups excluding carboxylic acids is 1. The molecule has 0 saturated carbocycles. The van der Waals surface area contributed by atoms with Crippen molar-refractivity contribution in [1.29, 1.82) is 5.26 Å². The van der Waals surface area contributed by atoms with Gasteiger partial charge in [0, 0.05) is 32.2 Å². The minimum atomic E-state index is -0.406. The monoisotopic (exact) mass is 588 g/mol. The molecule has 4 heterocycles. The highest BCUT2D eigenvalue weighted by molar-refractivity contribution is 8.27. The number of hydrogen-bond donors (Lipinski definition) is 0. The minimum absolute atomic E-state index is 0.0624. The summed E-state index contributed by atoms with van der Waals surface area (Å²) in [5.74, 6) is 0.895. The number of amides is 1. The van der Waals surface area contributed by atoms with Crippen LogP contribution in [0.15, 0.2) is 44.8 Å². The first kappa shape index (κ1) is 28.6. The van der Waals surface area contributed by atoms with Crippen LogP contribution in [0, 0.1) is 31.1 Å². The number of hydrogen-bond acceptors (Lipinski definition) is 7. The van der Waals surface area contributed by atoms with Gasteiger partial charge in [-0.05, 0) is 63.3 Å². The second-order valence-electron chi connectivity index (χ2n) is 10.5. The molecule has 5 rings (SSSR count). The van der Waals surface area contributed by atoms with Gasteiger partial charge in [0.05, 0.1) is 16.3 Å². The molecule has 2 aliphatic rings. The molecule has 2 saturated heterocycles. The van der Waals surface area contributed by atoms with Crippen molar-refractivity contribution in [3.8, 4) is 11.8 Å². The fourth-order valence-electron chi connectivity index (χ4n) is 5.60. The number of rotatable bonds is 5. The van der Waals surface area contributed by atoms with Crippen molar-refractivity contribution in [3.63, 3.8) is 0 Å². The Bertz CT molecular complexity index is 1750. The molecular weight excluding hydrogens is 557 g/mol. The summed E-state index contributed by atoms with van der Waals surface area (Å²) in [5, 5.41) is 9.87. The Morgan fingerprint density at radius 2 is 1.76 bits per heavy atom. The maximum absolute atomic E-state index is 13.9. The number of thiocarbonyl (C=S) groups is 1. The molecule has 212 valence electrons. The number of para-hydroxylation sites is 1. The lowest BCUT2D eigenvalue weighted by molar-refractivity contribution is -0.113. The third-order valence-corrected chi connectivity index (χ3v) is 9.36. The van der Waals surface area contributed by atoms with Crippen molar-refractivity contribution < 1.29 is 4.79 Å². The van der Waals surface area contributed by atoms with E-state index in [9.17, 15) is 19.6 Å². The largest absolute Gasteiger partial charge is 0.357 e. The topological polar surface area (TPSA) is 96.3 Å². The number of nitrogens with zero attached hydrogens (tertiary/aromatic N) is 6. The van der Waals surface area contributed by atoms with Gasteiger partial charge in [0.15, 0.2) is 4.32 Å². The smallest absolute Gasteiger partial charge is 0.296 e. The number of pyridine rings is 1. The summed E-state index contributed by atoms with van der Waals surface area (Å²) in [6, 6.07) is 11.3. The highest BCUT2D eigenvalue weighted by atomic mass is 32.2. The van der Waals surface area contributed by atoms with E-state index in [0.29, 0.717) is 45.7 Å². The van der Waals surface area contributed by atoms with Crippen LogP contribution in [0.25, 0.3) is 11.8 Å². The molecule has 0 aliphatic carbocycles. The summed E-state index contributed by atoms with van der Waals surface area (Å²) >= 11 is 6.77. The Labute approximate surface area is 248 Å². The zero-order valence-corrected chi connectivity index (χ0v) is 25.4. The molecule has 0 N–H and O–H groups in total. The van der Waals surface area contributed by atoms with Gasteiger partial charge in [-0.2, -0.15) is 5.26 Å². The summed E-state index contributed by atoms with van der Waals surface area (Å²) in [6.45, 7) is 9.58. The molecule has 2 aromatic heterocycles. The van der Waals surface area contributed by atoms with Gasteiger partial charge in [0.2, 0.25) is 0 Å².